The van der Waals surface area contributed by atoms with Gasteiger partial charge in [-0.05, 0) is 30.7 Å². The highest BCUT2D eigenvalue weighted by atomic mass is 32.1. The zero-order valence-corrected chi connectivity index (χ0v) is 13.7. The molecule has 1 aromatic rings. The van der Waals surface area contributed by atoms with E-state index in [2.05, 4.69) is 29.3 Å². The predicted octanol–water partition coefficient (Wildman–Crippen LogP) is 4.40. The summed E-state index contributed by atoms with van der Waals surface area (Å²) in [5, 5.41) is 2.18. The first-order valence-corrected chi connectivity index (χ1v) is 9.21. The van der Waals surface area contributed by atoms with Crippen LogP contribution in [-0.4, -0.2) is 23.5 Å². The van der Waals surface area contributed by atoms with Gasteiger partial charge >= 0.3 is 0 Å². The fourth-order valence-electron chi connectivity index (χ4n) is 2.95. The van der Waals surface area contributed by atoms with Crippen molar-refractivity contribution < 1.29 is 0 Å². The number of unbranched alkanes of at least 4 members (excludes halogenated alkanes) is 4. The molecule has 0 bridgehead atoms. The molecule has 3 heteroatoms. The van der Waals surface area contributed by atoms with E-state index in [1.807, 2.05) is 11.3 Å². The van der Waals surface area contributed by atoms with E-state index in [-0.39, 0.29) is 0 Å². The lowest BCUT2D eigenvalue weighted by molar-refractivity contribution is 0.170. The number of thiophene rings is 1. The Labute approximate surface area is 128 Å². The minimum absolute atomic E-state index is 0.589. The van der Waals surface area contributed by atoms with Crippen LogP contribution in [0.5, 0.6) is 0 Å². The third-order valence-electron chi connectivity index (χ3n) is 4.32. The molecule has 2 rings (SSSR count). The van der Waals surface area contributed by atoms with Crippen molar-refractivity contribution in [3.05, 3.63) is 22.4 Å². The lowest BCUT2D eigenvalue weighted by atomic mass is 10.0. The molecule has 114 valence electrons. The summed E-state index contributed by atoms with van der Waals surface area (Å²) in [7, 11) is 0. The van der Waals surface area contributed by atoms with Gasteiger partial charge in [-0.15, -0.1) is 11.3 Å². The maximum Gasteiger partial charge on any atom is 0.0334 e. The van der Waals surface area contributed by atoms with Crippen LogP contribution >= 0.6 is 11.3 Å². The van der Waals surface area contributed by atoms with Gasteiger partial charge in [-0.3, -0.25) is 4.90 Å². The van der Waals surface area contributed by atoms with Gasteiger partial charge in [0.1, 0.15) is 0 Å². The second-order valence-electron chi connectivity index (χ2n) is 6.08. The highest BCUT2D eigenvalue weighted by molar-refractivity contribution is 7.09. The third-order valence-corrected chi connectivity index (χ3v) is 5.18. The van der Waals surface area contributed by atoms with Crippen LogP contribution in [0, 0.1) is 0 Å². The van der Waals surface area contributed by atoms with Crippen LogP contribution in [0.3, 0.4) is 0 Å². The van der Waals surface area contributed by atoms with Gasteiger partial charge in [0.2, 0.25) is 0 Å². The van der Waals surface area contributed by atoms with E-state index in [1.54, 1.807) is 0 Å². The van der Waals surface area contributed by atoms with Crippen LogP contribution in [0.4, 0.5) is 0 Å². The molecule has 0 amide bonds. The van der Waals surface area contributed by atoms with Crippen molar-refractivity contribution in [2.45, 2.75) is 76.9 Å². The smallest absolute Gasteiger partial charge is 0.0334 e. The number of hydrogen-bond acceptors (Lipinski definition) is 3. The fourth-order valence-corrected chi connectivity index (χ4v) is 3.66. The van der Waals surface area contributed by atoms with Crippen molar-refractivity contribution in [3.63, 3.8) is 0 Å². The maximum absolute atomic E-state index is 6.07. The Kier molecular flexibility index (Phi) is 7.05. The molecule has 1 atom stereocenters. The molecule has 1 heterocycles. The molecule has 1 aliphatic carbocycles. The number of rotatable bonds is 11. The average Bonchev–Trinajstić information content (AvgIpc) is 3.18. The van der Waals surface area contributed by atoms with Gasteiger partial charge in [0, 0.05) is 30.1 Å². The first-order chi connectivity index (χ1) is 9.85. The molecule has 1 aromatic heterocycles. The summed E-state index contributed by atoms with van der Waals surface area (Å²) in [6.45, 7) is 4.20. The van der Waals surface area contributed by atoms with Crippen molar-refractivity contribution in [1.82, 2.24) is 4.90 Å². The second kappa shape index (κ2) is 8.81. The van der Waals surface area contributed by atoms with Crippen molar-refractivity contribution >= 4 is 11.3 Å². The van der Waals surface area contributed by atoms with Gasteiger partial charge in [0.25, 0.3) is 0 Å². The molecule has 1 unspecified atom stereocenters. The van der Waals surface area contributed by atoms with E-state index in [9.17, 15) is 0 Å². The molecule has 0 aromatic carbocycles. The lowest BCUT2D eigenvalue weighted by Crippen LogP contribution is -2.41. The summed E-state index contributed by atoms with van der Waals surface area (Å²) in [4.78, 5) is 4.17. The summed E-state index contributed by atoms with van der Waals surface area (Å²) in [5.74, 6) is 0. The zero-order valence-electron chi connectivity index (χ0n) is 12.9. The van der Waals surface area contributed by atoms with Crippen LogP contribution in [0.15, 0.2) is 17.5 Å². The normalized spacial score (nSPS) is 16.8. The molecule has 1 saturated carbocycles. The van der Waals surface area contributed by atoms with Gasteiger partial charge < -0.3 is 5.73 Å². The summed E-state index contributed by atoms with van der Waals surface area (Å²) >= 11 is 1.88. The van der Waals surface area contributed by atoms with Crippen molar-refractivity contribution in [2.24, 2.45) is 5.73 Å². The number of hydrogen-bond donors (Lipinski definition) is 1. The Bertz CT molecular complexity index is 346. The average molecular weight is 295 g/mol. The largest absolute Gasteiger partial charge is 0.329 e. The summed E-state index contributed by atoms with van der Waals surface area (Å²) in [5.41, 5.74) is 6.07. The molecule has 2 N–H and O–H groups in total. The molecule has 0 radical (unpaired) electrons. The zero-order chi connectivity index (χ0) is 14.2. The first-order valence-electron chi connectivity index (χ1n) is 8.33. The topological polar surface area (TPSA) is 29.3 Å². The number of nitrogens with zero attached hydrogens (tertiary/aromatic N) is 1. The van der Waals surface area contributed by atoms with Crippen LogP contribution in [0.25, 0.3) is 0 Å². The van der Waals surface area contributed by atoms with E-state index in [0.717, 1.165) is 19.1 Å². The summed E-state index contributed by atoms with van der Waals surface area (Å²) in [6.07, 6.45) is 10.8. The van der Waals surface area contributed by atoms with E-state index in [0.29, 0.717) is 6.04 Å². The molecule has 1 fully saturated rings. The van der Waals surface area contributed by atoms with Crippen molar-refractivity contribution in [2.75, 3.05) is 6.54 Å². The van der Waals surface area contributed by atoms with Gasteiger partial charge in [0.15, 0.2) is 0 Å². The van der Waals surface area contributed by atoms with Gasteiger partial charge in [-0.1, -0.05) is 45.1 Å². The Hall–Kier alpha value is -0.380. The van der Waals surface area contributed by atoms with E-state index in [4.69, 9.17) is 5.73 Å². The summed E-state index contributed by atoms with van der Waals surface area (Å²) in [6, 6.07) is 5.81. The monoisotopic (exact) mass is 294 g/mol. The molecule has 0 aliphatic heterocycles. The maximum atomic E-state index is 6.07. The molecular weight excluding hydrogens is 264 g/mol. The predicted molar refractivity (Wildman–Crippen MR) is 89.1 cm³/mol. The van der Waals surface area contributed by atoms with Gasteiger partial charge in [-0.2, -0.15) is 0 Å². The molecule has 0 saturated heterocycles. The molecular formula is C17H30N2S. The van der Waals surface area contributed by atoms with E-state index in [1.165, 1.54) is 56.2 Å². The summed E-state index contributed by atoms with van der Waals surface area (Å²) < 4.78 is 0. The highest BCUT2D eigenvalue weighted by Crippen LogP contribution is 2.32. The van der Waals surface area contributed by atoms with Gasteiger partial charge in [0.05, 0.1) is 0 Å². The minimum atomic E-state index is 0.589. The van der Waals surface area contributed by atoms with Crippen LogP contribution in [0.1, 0.15) is 63.2 Å². The Balaban J connectivity index is 1.79. The minimum Gasteiger partial charge on any atom is -0.329 e. The standard InChI is InChI=1S/C17H30N2S/c1-2-3-4-5-6-8-16(13-18)19(15-10-11-15)14-17-9-7-12-20-17/h7,9,12,15-16H,2-6,8,10-11,13-14,18H2,1H3. The Morgan fingerprint density at radius 3 is 2.70 bits per heavy atom. The Morgan fingerprint density at radius 2 is 2.10 bits per heavy atom. The van der Waals surface area contributed by atoms with Crippen LogP contribution < -0.4 is 5.73 Å². The second-order valence-corrected chi connectivity index (χ2v) is 7.11. The van der Waals surface area contributed by atoms with Crippen LogP contribution in [0.2, 0.25) is 0 Å². The quantitative estimate of drug-likeness (QED) is 0.613. The van der Waals surface area contributed by atoms with Crippen molar-refractivity contribution in [3.8, 4) is 0 Å². The first kappa shape index (κ1) is 16.0. The molecule has 2 nitrogen and oxygen atoms in total. The fraction of sp³-hybridized carbons (Fsp3) is 0.765. The Morgan fingerprint density at radius 1 is 1.30 bits per heavy atom. The molecule has 1 aliphatic rings. The van der Waals surface area contributed by atoms with Crippen molar-refractivity contribution in [1.29, 1.82) is 0 Å². The van der Waals surface area contributed by atoms with Crippen LogP contribution in [-0.2, 0) is 6.54 Å². The lowest BCUT2D eigenvalue weighted by Gasteiger charge is -2.30. The van der Waals surface area contributed by atoms with Gasteiger partial charge in [-0.25, -0.2) is 0 Å². The van der Waals surface area contributed by atoms with E-state index < -0.39 is 0 Å². The SMILES string of the molecule is CCCCCCCC(CN)N(Cc1cccs1)C1CC1. The van der Waals surface area contributed by atoms with E-state index >= 15 is 0 Å². The molecule has 20 heavy (non-hydrogen) atoms. The third kappa shape index (κ3) is 5.19. The number of nitrogens with two attached hydrogens (primary N) is 1. The highest BCUT2D eigenvalue weighted by Gasteiger charge is 2.33. The molecule has 0 spiro atoms.